The van der Waals surface area contributed by atoms with Gasteiger partial charge in [0.1, 0.15) is 0 Å². The minimum atomic E-state index is -0.498. The molecule has 1 N–H and O–H groups in total. The van der Waals surface area contributed by atoms with E-state index in [2.05, 4.69) is 0 Å². The van der Waals surface area contributed by atoms with Crippen molar-refractivity contribution >= 4 is 10.8 Å². The zero-order chi connectivity index (χ0) is 12.6. The first-order valence-corrected chi connectivity index (χ1v) is 4.96. The molecule has 1 aromatic heterocycles. The van der Waals surface area contributed by atoms with Crippen LogP contribution in [-0.4, -0.2) is 19.3 Å². The van der Waals surface area contributed by atoms with Crippen LogP contribution in [0.4, 0.5) is 0 Å². The number of fused-ring (bicyclic) bond motifs is 1. The van der Waals surface area contributed by atoms with E-state index in [-0.39, 0.29) is 17.2 Å². The second kappa shape index (κ2) is 4.01. The number of phenols is 1. The molecular weight excluding hydrogens is 224 g/mol. The van der Waals surface area contributed by atoms with Gasteiger partial charge >= 0.3 is 5.63 Å². The summed E-state index contributed by atoms with van der Waals surface area (Å²) in [7, 11) is 2.82. The first-order valence-electron chi connectivity index (χ1n) is 4.96. The molecule has 90 valence electrons. The smallest absolute Gasteiger partial charge is 0.343 e. The van der Waals surface area contributed by atoms with Gasteiger partial charge in [0.05, 0.1) is 25.9 Å². The Morgan fingerprint density at radius 1 is 1.29 bits per heavy atom. The fourth-order valence-electron chi connectivity index (χ4n) is 1.80. The Bertz CT molecular complexity index is 627. The van der Waals surface area contributed by atoms with Crippen LogP contribution in [0.5, 0.6) is 17.2 Å². The van der Waals surface area contributed by atoms with Crippen LogP contribution in [0.3, 0.4) is 0 Å². The molecule has 0 unspecified atom stereocenters. The van der Waals surface area contributed by atoms with Crippen LogP contribution in [0.2, 0.25) is 0 Å². The van der Waals surface area contributed by atoms with Crippen molar-refractivity contribution in [3.63, 3.8) is 0 Å². The van der Waals surface area contributed by atoms with E-state index in [0.717, 1.165) is 0 Å². The highest BCUT2D eigenvalue weighted by Gasteiger charge is 2.18. The monoisotopic (exact) mass is 236 g/mol. The number of rotatable bonds is 2. The molecule has 0 atom stereocenters. The summed E-state index contributed by atoms with van der Waals surface area (Å²) in [5.74, 6) is 0.258. The number of ether oxygens (including phenoxy) is 2. The first kappa shape index (κ1) is 11.3. The number of methoxy groups -OCH3 is 2. The van der Waals surface area contributed by atoms with E-state index in [0.29, 0.717) is 16.3 Å². The maximum absolute atomic E-state index is 11.6. The number of aryl methyl sites for hydroxylation is 1. The topological polar surface area (TPSA) is 68.9 Å². The highest BCUT2D eigenvalue weighted by molar-refractivity contribution is 5.94. The molecule has 5 nitrogen and oxygen atoms in total. The summed E-state index contributed by atoms with van der Waals surface area (Å²) < 4.78 is 15.0. The van der Waals surface area contributed by atoms with Gasteiger partial charge in [0.15, 0.2) is 11.5 Å². The highest BCUT2D eigenvalue weighted by Crippen LogP contribution is 2.42. The van der Waals surface area contributed by atoms with E-state index in [1.54, 1.807) is 6.92 Å². The van der Waals surface area contributed by atoms with Gasteiger partial charge < -0.3 is 19.0 Å². The standard InChI is InChI=1S/C12H12O5/c1-6-5-17-12(14)7-4-8(15-2)10(13)11(16-3)9(6)7/h4-5,13H,1-3H3. The van der Waals surface area contributed by atoms with Crippen molar-refractivity contribution in [2.45, 2.75) is 6.92 Å². The molecule has 0 bridgehead atoms. The molecule has 5 heteroatoms. The third kappa shape index (κ3) is 1.60. The van der Waals surface area contributed by atoms with Crippen molar-refractivity contribution in [3.05, 3.63) is 28.3 Å². The molecule has 0 saturated heterocycles. The number of aromatic hydroxyl groups is 1. The van der Waals surface area contributed by atoms with Crippen molar-refractivity contribution in [1.82, 2.24) is 0 Å². The Kier molecular flexibility index (Phi) is 2.67. The lowest BCUT2D eigenvalue weighted by atomic mass is 10.1. The van der Waals surface area contributed by atoms with Crippen LogP contribution in [0, 0.1) is 6.92 Å². The van der Waals surface area contributed by atoms with E-state index in [1.165, 1.54) is 26.5 Å². The van der Waals surface area contributed by atoms with Gasteiger partial charge in [-0.05, 0) is 18.6 Å². The summed E-state index contributed by atoms with van der Waals surface area (Å²) in [5, 5.41) is 10.8. The number of hydrogen-bond donors (Lipinski definition) is 1. The lowest BCUT2D eigenvalue weighted by molar-refractivity contribution is 0.342. The van der Waals surface area contributed by atoms with Crippen LogP contribution in [0.15, 0.2) is 21.5 Å². The lowest BCUT2D eigenvalue weighted by Gasteiger charge is -2.12. The third-order valence-electron chi connectivity index (χ3n) is 2.60. The maximum atomic E-state index is 11.6. The predicted octanol–water partition coefficient (Wildman–Crippen LogP) is 1.82. The van der Waals surface area contributed by atoms with Crippen LogP contribution in [0.25, 0.3) is 10.8 Å². The van der Waals surface area contributed by atoms with Crippen molar-refractivity contribution in [2.24, 2.45) is 0 Å². The van der Waals surface area contributed by atoms with Crippen LogP contribution in [-0.2, 0) is 0 Å². The Labute approximate surface area is 97.2 Å². The molecule has 0 saturated carbocycles. The van der Waals surface area contributed by atoms with Gasteiger partial charge in [-0.3, -0.25) is 0 Å². The predicted molar refractivity (Wildman–Crippen MR) is 62.0 cm³/mol. The SMILES string of the molecule is COc1cc2c(=O)occ(C)c2c(OC)c1O. The van der Waals surface area contributed by atoms with E-state index in [9.17, 15) is 9.90 Å². The Balaban J connectivity index is 3.03. The summed E-state index contributed by atoms with van der Waals surface area (Å²) in [6, 6.07) is 1.44. The largest absolute Gasteiger partial charge is 0.502 e. The summed E-state index contributed by atoms with van der Waals surface area (Å²) in [5.41, 5.74) is 0.205. The van der Waals surface area contributed by atoms with E-state index in [4.69, 9.17) is 13.9 Å². The summed E-state index contributed by atoms with van der Waals surface area (Å²) in [6.07, 6.45) is 1.33. The van der Waals surface area contributed by atoms with Crippen molar-refractivity contribution in [3.8, 4) is 17.2 Å². The van der Waals surface area contributed by atoms with Gasteiger partial charge in [-0.2, -0.15) is 0 Å². The molecule has 1 heterocycles. The van der Waals surface area contributed by atoms with Gasteiger partial charge in [0, 0.05) is 5.39 Å². The molecule has 0 radical (unpaired) electrons. The van der Waals surface area contributed by atoms with Crippen molar-refractivity contribution in [1.29, 1.82) is 0 Å². The maximum Gasteiger partial charge on any atom is 0.343 e. The zero-order valence-corrected chi connectivity index (χ0v) is 9.73. The second-order valence-corrected chi connectivity index (χ2v) is 3.59. The van der Waals surface area contributed by atoms with E-state index in [1.807, 2.05) is 0 Å². The molecule has 0 aliphatic heterocycles. The average molecular weight is 236 g/mol. The molecular formula is C12H12O5. The summed E-state index contributed by atoms with van der Waals surface area (Å²) >= 11 is 0. The highest BCUT2D eigenvalue weighted by atomic mass is 16.5. The van der Waals surface area contributed by atoms with Gasteiger partial charge in [-0.15, -0.1) is 0 Å². The molecule has 0 fully saturated rings. The molecule has 2 aromatic rings. The van der Waals surface area contributed by atoms with Gasteiger partial charge in [-0.25, -0.2) is 4.79 Å². The summed E-state index contributed by atoms with van der Waals surface area (Å²) in [4.78, 5) is 11.6. The average Bonchev–Trinajstić information content (AvgIpc) is 2.33. The normalized spacial score (nSPS) is 10.5. The molecule has 0 aliphatic carbocycles. The first-order chi connectivity index (χ1) is 8.10. The number of hydrogen-bond acceptors (Lipinski definition) is 5. The van der Waals surface area contributed by atoms with Gasteiger partial charge in [0.2, 0.25) is 5.75 Å². The lowest BCUT2D eigenvalue weighted by Crippen LogP contribution is -2.02. The van der Waals surface area contributed by atoms with Gasteiger partial charge in [-0.1, -0.05) is 0 Å². The van der Waals surface area contributed by atoms with Gasteiger partial charge in [0.25, 0.3) is 0 Å². The molecule has 0 aliphatic rings. The molecule has 0 spiro atoms. The molecule has 1 aromatic carbocycles. The zero-order valence-electron chi connectivity index (χ0n) is 9.73. The third-order valence-corrected chi connectivity index (χ3v) is 2.60. The van der Waals surface area contributed by atoms with Crippen LogP contribution < -0.4 is 15.1 Å². The quantitative estimate of drug-likeness (QED) is 0.861. The number of benzene rings is 1. The molecule has 0 amide bonds. The fourth-order valence-corrected chi connectivity index (χ4v) is 1.80. The summed E-state index contributed by atoms with van der Waals surface area (Å²) in [6.45, 7) is 1.76. The van der Waals surface area contributed by atoms with E-state index < -0.39 is 5.63 Å². The molecule has 17 heavy (non-hydrogen) atoms. The van der Waals surface area contributed by atoms with Crippen LogP contribution in [0.1, 0.15) is 5.56 Å². The van der Waals surface area contributed by atoms with Crippen molar-refractivity contribution < 1.29 is 19.0 Å². The van der Waals surface area contributed by atoms with E-state index >= 15 is 0 Å². The Morgan fingerprint density at radius 2 is 2.00 bits per heavy atom. The number of phenolic OH excluding ortho intramolecular Hbond substituents is 1. The second-order valence-electron chi connectivity index (χ2n) is 3.59. The Morgan fingerprint density at radius 3 is 2.59 bits per heavy atom. The Hall–Kier alpha value is -2.17. The minimum absolute atomic E-state index is 0.129. The van der Waals surface area contributed by atoms with Crippen molar-refractivity contribution in [2.75, 3.05) is 14.2 Å². The molecule has 2 rings (SSSR count). The van der Waals surface area contributed by atoms with Crippen LogP contribution >= 0.6 is 0 Å². The fraction of sp³-hybridized carbons (Fsp3) is 0.250. The minimum Gasteiger partial charge on any atom is -0.502 e.